The van der Waals surface area contributed by atoms with Crippen molar-refractivity contribution in [3.8, 4) is 0 Å². The van der Waals surface area contributed by atoms with Crippen LogP contribution in [0.5, 0.6) is 0 Å². The third-order valence-electron chi connectivity index (χ3n) is 3.66. The number of hydrogen-bond acceptors (Lipinski definition) is 6. The van der Waals surface area contributed by atoms with Gasteiger partial charge in [-0.15, -0.1) is 0 Å². The number of halogens is 2. The summed E-state index contributed by atoms with van der Waals surface area (Å²) in [6, 6.07) is 7.07. The predicted molar refractivity (Wildman–Crippen MR) is 97.5 cm³/mol. The number of nitrogens with one attached hydrogen (secondary N) is 2. The lowest BCUT2D eigenvalue weighted by molar-refractivity contribution is 0.0398. The van der Waals surface area contributed by atoms with Gasteiger partial charge in [0.05, 0.1) is 23.9 Å². The summed E-state index contributed by atoms with van der Waals surface area (Å²) < 4.78 is 5.34. The number of aromatic nitrogens is 2. The van der Waals surface area contributed by atoms with Crippen molar-refractivity contribution in [2.75, 3.05) is 50.0 Å². The van der Waals surface area contributed by atoms with E-state index < -0.39 is 0 Å². The average Bonchev–Trinajstić information content (AvgIpc) is 2.59. The highest BCUT2D eigenvalue weighted by Gasteiger charge is 2.09. The van der Waals surface area contributed by atoms with Crippen molar-refractivity contribution in [1.29, 1.82) is 0 Å². The fourth-order valence-electron chi connectivity index (χ4n) is 2.39. The summed E-state index contributed by atoms with van der Waals surface area (Å²) in [4.78, 5) is 11.0. The third kappa shape index (κ3) is 4.95. The van der Waals surface area contributed by atoms with E-state index in [0.717, 1.165) is 45.1 Å². The van der Waals surface area contributed by atoms with E-state index in [0.29, 0.717) is 21.8 Å². The first-order valence-electron chi connectivity index (χ1n) is 7.80. The molecule has 6 nitrogen and oxygen atoms in total. The zero-order valence-electron chi connectivity index (χ0n) is 13.1. The van der Waals surface area contributed by atoms with Crippen molar-refractivity contribution in [2.24, 2.45) is 0 Å². The van der Waals surface area contributed by atoms with Gasteiger partial charge in [0.1, 0.15) is 5.82 Å². The van der Waals surface area contributed by atoms with Crippen LogP contribution in [0.2, 0.25) is 10.0 Å². The van der Waals surface area contributed by atoms with Crippen molar-refractivity contribution in [1.82, 2.24) is 14.9 Å². The Labute approximate surface area is 151 Å². The lowest BCUT2D eigenvalue weighted by atomic mass is 10.3. The molecule has 1 aliphatic rings. The lowest BCUT2D eigenvalue weighted by Gasteiger charge is -2.26. The van der Waals surface area contributed by atoms with Crippen LogP contribution in [0.1, 0.15) is 0 Å². The fraction of sp³-hybridized carbons (Fsp3) is 0.375. The van der Waals surface area contributed by atoms with Gasteiger partial charge < -0.3 is 15.4 Å². The first kappa shape index (κ1) is 17.2. The van der Waals surface area contributed by atoms with Crippen LogP contribution in [0, 0.1) is 0 Å². The minimum atomic E-state index is 0.544. The molecule has 1 saturated heterocycles. The fourth-order valence-corrected chi connectivity index (χ4v) is 2.85. The summed E-state index contributed by atoms with van der Waals surface area (Å²) in [5.74, 6) is 1.25. The molecule has 0 spiro atoms. The van der Waals surface area contributed by atoms with Crippen LogP contribution in [-0.2, 0) is 4.74 Å². The van der Waals surface area contributed by atoms with Crippen molar-refractivity contribution < 1.29 is 4.74 Å². The molecule has 1 fully saturated rings. The molecule has 3 rings (SSSR count). The zero-order valence-corrected chi connectivity index (χ0v) is 14.6. The second-order valence-electron chi connectivity index (χ2n) is 5.40. The van der Waals surface area contributed by atoms with E-state index in [1.165, 1.54) is 0 Å². The zero-order chi connectivity index (χ0) is 16.8. The van der Waals surface area contributed by atoms with E-state index in [-0.39, 0.29) is 0 Å². The van der Waals surface area contributed by atoms with E-state index in [1.807, 2.05) is 6.07 Å². The van der Waals surface area contributed by atoms with Gasteiger partial charge in [-0.05, 0) is 24.3 Å². The molecule has 0 aliphatic carbocycles. The molecule has 2 heterocycles. The number of rotatable bonds is 6. The Bertz CT molecular complexity index is 679. The molecule has 0 unspecified atom stereocenters. The molecule has 128 valence electrons. The Kier molecular flexibility index (Phi) is 6.09. The highest BCUT2D eigenvalue weighted by Crippen LogP contribution is 2.27. The summed E-state index contributed by atoms with van der Waals surface area (Å²) in [6.45, 7) is 5.27. The minimum absolute atomic E-state index is 0.544. The van der Waals surface area contributed by atoms with Crippen molar-refractivity contribution in [3.05, 3.63) is 40.5 Å². The molecule has 1 aromatic carbocycles. The summed E-state index contributed by atoms with van der Waals surface area (Å²) in [7, 11) is 0. The van der Waals surface area contributed by atoms with Crippen LogP contribution in [0.3, 0.4) is 0 Å². The van der Waals surface area contributed by atoms with Gasteiger partial charge in [-0.1, -0.05) is 23.2 Å². The van der Waals surface area contributed by atoms with Crippen LogP contribution in [0.25, 0.3) is 0 Å². The van der Waals surface area contributed by atoms with Gasteiger partial charge in [0, 0.05) is 37.4 Å². The highest BCUT2D eigenvalue weighted by molar-refractivity contribution is 6.36. The van der Waals surface area contributed by atoms with E-state index in [1.54, 1.807) is 24.4 Å². The smallest absolute Gasteiger partial charge is 0.224 e. The maximum absolute atomic E-state index is 6.17. The first-order valence-corrected chi connectivity index (χ1v) is 8.55. The van der Waals surface area contributed by atoms with Crippen molar-refractivity contribution >= 4 is 40.7 Å². The Morgan fingerprint density at radius 3 is 2.79 bits per heavy atom. The number of hydrogen-bond donors (Lipinski definition) is 2. The van der Waals surface area contributed by atoms with E-state index >= 15 is 0 Å². The van der Waals surface area contributed by atoms with Gasteiger partial charge in [0.25, 0.3) is 0 Å². The number of nitrogens with zero attached hydrogens (tertiary/aromatic N) is 3. The summed E-state index contributed by atoms with van der Waals surface area (Å²) in [6.07, 6.45) is 1.70. The topological polar surface area (TPSA) is 62.3 Å². The normalized spacial score (nSPS) is 15.2. The van der Waals surface area contributed by atoms with Crippen molar-refractivity contribution in [3.63, 3.8) is 0 Å². The van der Waals surface area contributed by atoms with Crippen LogP contribution in [0.15, 0.2) is 30.5 Å². The largest absolute Gasteiger partial charge is 0.379 e. The average molecular weight is 368 g/mol. The Balaban J connectivity index is 1.55. The highest BCUT2D eigenvalue weighted by atomic mass is 35.5. The van der Waals surface area contributed by atoms with Crippen LogP contribution >= 0.6 is 23.2 Å². The number of anilines is 3. The monoisotopic (exact) mass is 367 g/mol. The Morgan fingerprint density at radius 2 is 2.00 bits per heavy atom. The second kappa shape index (κ2) is 8.48. The molecule has 2 aromatic rings. The molecule has 0 saturated carbocycles. The van der Waals surface area contributed by atoms with Crippen LogP contribution in [-0.4, -0.2) is 54.3 Å². The maximum atomic E-state index is 6.17. The molecule has 1 aromatic heterocycles. The number of benzene rings is 1. The maximum Gasteiger partial charge on any atom is 0.224 e. The minimum Gasteiger partial charge on any atom is -0.379 e. The van der Waals surface area contributed by atoms with Gasteiger partial charge in [0.15, 0.2) is 0 Å². The molecule has 1 aliphatic heterocycles. The standard InChI is InChI=1S/C16H19Cl2N5O/c17-12-1-2-14(13(18)11-12)21-15-3-4-19-16(22-15)20-5-6-23-7-9-24-10-8-23/h1-4,11H,5-10H2,(H2,19,20,21,22). The van der Waals surface area contributed by atoms with E-state index in [2.05, 4.69) is 25.5 Å². The van der Waals surface area contributed by atoms with E-state index in [4.69, 9.17) is 27.9 Å². The molecule has 8 heteroatoms. The SMILES string of the molecule is Clc1ccc(Nc2ccnc(NCCN3CCOCC3)n2)c(Cl)c1. The lowest BCUT2D eigenvalue weighted by Crippen LogP contribution is -2.39. The van der Waals surface area contributed by atoms with Crippen LogP contribution in [0.4, 0.5) is 17.5 Å². The summed E-state index contributed by atoms with van der Waals surface area (Å²) in [5, 5.41) is 7.55. The summed E-state index contributed by atoms with van der Waals surface area (Å²) in [5.41, 5.74) is 0.749. The molecule has 0 amide bonds. The number of morpholine rings is 1. The third-order valence-corrected chi connectivity index (χ3v) is 4.21. The van der Waals surface area contributed by atoms with Gasteiger partial charge in [-0.25, -0.2) is 4.98 Å². The number of ether oxygens (including phenoxy) is 1. The Hall–Kier alpha value is -1.60. The molecule has 2 N–H and O–H groups in total. The second-order valence-corrected chi connectivity index (χ2v) is 6.24. The summed E-state index contributed by atoms with van der Waals surface area (Å²) >= 11 is 12.1. The van der Waals surface area contributed by atoms with Gasteiger partial charge in [-0.3, -0.25) is 4.90 Å². The van der Waals surface area contributed by atoms with Crippen molar-refractivity contribution in [2.45, 2.75) is 0 Å². The molecule has 0 radical (unpaired) electrons. The molecular formula is C16H19Cl2N5O. The first-order chi connectivity index (χ1) is 11.7. The molecule has 0 atom stereocenters. The molecule has 24 heavy (non-hydrogen) atoms. The molecular weight excluding hydrogens is 349 g/mol. The van der Waals surface area contributed by atoms with Gasteiger partial charge in [-0.2, -0.15) is 4.98 Å². The molecule has 0 bridgehead atoms. The quantitative estimate of drug-likeness (QED) is 0.816. The predicted octanol–water partition coefficient (Wildman–Crippen LogP) is 3.27. The van der Waals surface area contributed by atoms with Crippen LogP contribution < -0.4 is 10.6 Å². The van der Waals surface area contributed by atoms with Gasteiger partial charge >= 0.3 is 0 Å². The van der Waals surface area contributed by atoms with Gasteiger partial charge in [0.2, 0.25) is 5.95 Å². The van der Waals surface area contributed by atoms with E-state index in [9.17, 15) is 0 Å². The Morgan fingerprint density at radius 1 is 1.17 bits per heavy atom.